The zero-order valence-corrected chi connectivity index (χ0v) is 13.2. The lowest BCUT2D eigenvalue weighted by molar-refractivity contribution is -0.134. The minimum absolute atomic E-state index is 0.0435. The largest absolute Gasteiger partial charge is 0.484 e. The first-order valence-corrected chi connectivity index (χ1v) is 7.56. The van der Waals surface area contributed by atoms with Gasteiger partial charge in [-0.05, 0) is 72.7 Å². The lowest BCUT2D eigenvalue weighted by Crippen LogP contribution is -2.37. The SMILES string of the molecule is CC1CC(CN)CN1C(=O)COc1ccc(I)cc1. The summed E-state index contributed by atoms with van der Waals surface area (Å²) in [5.74, 6) is 1.20. The molecule has 2 rings (SSSR count). The van der Waals surface area contributed by atoms with Gasteiger partial charge in [-0.1, -0.05) is 0 Å². The van der Waals surface area contributed by atoms with Crippen molar-refractivity contribution in [1.82, 2.24) is 4.90 Å². The smallest absolute Gasteiger partial charge is 0.260 e. The highest BCUT2D eigenvalue weighted by atomic mass is 127. The second kappa shape index (κ2) is 6.56. The van der Waals surface area contributed by atoms with Crippen molar-refractivity contribution in [2.24, 2.45) is 11.7 Å². The molecule has 4 nitrogen and oxygen atoms in total. The fraction of sp³-hybridized carbons (Fsp3) is 0.500. The van der Waals surface area contributed by atoms with Crippen molar-refractivity contribution in [3.05, 3.63) is 27.8 Å². The number of nitrogens with two attached hydrogens (primary N) is 1. The molecule has 19 heavy (non-hydrogen) atoms. The van der Waals surface area contributed by atoms with E-state index in [2.05, 4.69) is 29.5 Å². The van der Waals surface area contributed by atoms with Crippen molar-refractivity contribution in [3.63, 3.8) is 0 Å². The standard InChI is InChI=1S/C14H19IN2O2/c1-10-6-11(7-16)8-17(10)14(18)9-19-13-4-2-12(15)3-5-13/h2-5,10-11H,6-9,16H2,1H3. The number of rotatable bonds is 4. The van der Waals surface area contributed by atoms with Gasteiger partial charge in [0.25, 0.3) is 5.91 Å². The Bertz CT molecular complexity index is 436. The van der Waals surface area contributed by atoms with Crippen molar-refractivity contribution in [2.75, 3.05) is 19.7 Å². The van der Waals surface area contributed by atoms with Crippen LogP contribution in [-0.4, -0.2) is 36.5 Å². The van der Waals surface area contributed by atoms with Crippen molar-refractivity contribution >= 4 is 28.5 Å². The Morgan fingerprint density at radius 1 is 1.47 bits per heavy atom. The molecule has 1 fully saturated rings. The van der Waals surface area contributed by atoms with E-state index < -0.39 is 0 Å². The van der Waals surface area contributed by atoms with Crippen LogP contribution in [0.5, 0.6) is 5.75 Å². The van der Waals surface area contributed by atoms with Gasteiger partial charge in [-0.15, -0.1) is 0 Å². The van der Waals surface area contributed by atoms with Crippen LogP contribution in [0.1, 0.15) is 13.3 Å². The first kappa shape index (κ1) is 14.6. The molecule has 1 aliphatic rings. The van der Waals surface area contributed by atoms with Crippen LogP contribution in [0.3, 0.4) is 0 Å². The third kappa shape index (κ3) is 3.82. The lowest BCUT2D eigenvalue weighted by Gasteiger charge is -2.21. The average molecular weight is 374 g/mol. The quantitative estimate of drug-likeness (QED) is 0.819. The highest BCUT2D eigenvalue weighted by Gasteiger charge is 2.31. The summed E-state index contributed by atoms with van der Waals surface area (Å²) in [5, 5.41) is 0. The molecule has 5 heteroatoms. The lowest BCUT2D eigenvalue weighted by atomic mass is 10.1. The van der Waals surface area contributed by atoms with Gasteiger partial charge in [0.05, 0.1) is 0 Å². The van der Waals surface area contributed by atoms with Gasteiger partial charge in [0.1, 0.15) is 5.75 Å². The van der Waals surface area contributed by atoms with Crippen LogP contribution >= 0.6 is 22.6 Å². The zero-order chi connectivity index (χ0) is 13.8. The molecular weight excluding hydrogens is 355 g/mol. The molecule has 2 N–H and O–H groups in total. The van der Waals surface area contributed by atoms with Gasteiger partial charge in [0.2, 0.25) is 0 Å². The predicted molar refractivity (Wildman–Crippen MR) is 83.0 cm³/mol. The van der Waals surface area contributed by atoms with E-state index in [1.807, 2.05) is 29.2 Å². The van der Waals surface area contributed by atoms with E-state index in [1.165, 1.54) is 0 Å². The second-order valence-electron chi connectivity index (χ2n) is 4.98. The first-order chi connectivity index (χ1) is 9.10. The van der Waals surface area contributed by atoms with Gasteiger partial charge in [-0.25, -0.2) is 0 Å². The summed E-state index contributed by atoms with van der Waals surface area (Å²) >= 11 is 2.24. The molecule has 1 amide bonds. The topological polar surface area (TPSA) is 55.6 Å². The Morgan fingerprint density at radius 3 is 2.74 bits per heavy atom. The summed E-state index contributed by atoms with van der Waals surface area (Å²) in [6, 6.07) is 7.95. The molecule has 1 saturated heterocycles. The van der Waals surface area contributed by atoms with E-state index in [9.17, 15) is 4.79 Å². The highest BCUT2D eigenvalue weighted by Crippen LogP contribution is 2.22. The fourth-order valence-electron chi connectivity index (χ4n) is 2.42. The molecular formula is C14H19IN2O2. The Hall–Kier alpha value is -0.820. The number of benzene rings is 1. The Balaban J connectivity index is 1.86. The number of hydrogen-bond acceptors (Lipinski definition) is 3. The Labute approximate surface area is 127 Å². The maximum Gasteiger partial charge on any atom is 0.260 e. The van der Waals surface area contributed by atoms with Crippen LogP contribution in [0.4, 0.5) is 0 Å². The summed E-state index contributed by atoms with van der Waals surface area (Å²) in [6.45, 7) is 3.57. The van der Waals surface area contributed by atoms with Crippen LogP contribution in [-0.2, 0) is 4.79 Å². The van der Waals surface area contributed by atoms with Crippen LogP contribution in [0.15, 0.2) is 24.3 Å². The van der Waals surface area contributed by atoms with Crippen LogP contribution in [0, 0.1) is 9.49 Å². The maximum absolute atomic E-state index is 12.1. The van der Waals surface area contributed by atoms with Gasteiger partial charge in [-0.3, -0.25) is 4.79 Å². The Morgan fingerprint density at radius 2 is 2.16 bits per heavy atom. The highest BCUT2D eigenvalue weighted by molar-refractivity contribution is 14.1. The molecule has 0 aromatic heterocycles. The van der Waals surface area contributed by atoms with Gasteiger partial charge >= 0.3 is 0 Å². The van der Waals surface area contributed by atoms with Crippen LogP contribution < -0.4 is 10.5 Å². The molecule has 1 aromatic rings. The van der Waals surface area contributed by atoms with Gasteiger partial charge in [-0.2, -0.15) is 0 Å². The van der Waals surface area contributed by atoms with E-state index in [4.69, 9.17) is 10.5 Å². The van der Waals surface area contributed by atoms with E-state index in [1.54, 1.807) is 0 Å². The molecule has 0 spiro atoms. The van der Waals surface area contributed by atoms with Gasteiger partial charge < -0.3 is 15.4 Å². The predicted octanol–water partition coefficient (Wildman–Crippen LogP) is 1.87. The third-order valence-electron chi connectivity index (χ3n) is 3.49. The van der Waals surface area contributed by atoms with E-state index >= 15 is 0 Å². The average Bonchev–Trinajstić information content (AvgIpc) is 2.79. The molecule has 1 aliphatic heterocycles. The number of carbonyl (C=O) groups excluding carboxylic acids is 1. The Kier molecular flexibility index (Phi) is 5.04. The molecule has 2 unspecified atom stereocenters. The van der Waals surface area contributed by atoms with Crippen LogP contribution in [0.2, 0.25) is 0 Å². The van der Waals surface area contributed by atoms with Crippen LogP contribution in [0.25, 0.3) is 0 Å². The van der Waals surface area contributed by atoms with Crippen molar-refractivity contribution in [1.29, 1.82) is 0 Å². The molecule has 0 aliphatic carbocycles. The van der Waals surface area contributed by atoms with Crippen molar-refractivity contribution in [2.45, 2.75) is 19.4 Å². The summed E-state index contributed by atoms with van der Waals surface area (Å²) in [5.41, 5.74) is 5.67. The molecule has 2 atom stereocenters. The summed E-state index contributed by atoms with van der Waals surface area (Å²) in [6.07, 6.45) is 0.992. The molecule has 0 bridgehead atoms. The zero-order valence-electron chi connectivity index (χ0n) is 11.0. The van der Waals surface area contributed by atoms with Gasteiger partial charge in [0, 0.05) is 16.2 Å². The number of carbonyl (C=O) groups is 1. The van der Waals surface area contributed by atoms with E-state index in [0.717, 1.165) is 22.3 Å². The molecule has 0 radical (unpaired) electrons. The number of halogens is 1. The number of hydrogen-bond donors (Lipinski definition) is 1. The number of nitrogens with zero attached hydrogens (tertiary/aromatic N) is 1. The van der Waals surface area contributed by atoms with Crippen molar-refractivity contribution < 1.29 is 9.53 Å². The third-order valence-corrected chi connectivity index (χ3v) is 4.21. The number of amides is 1. The number of likely N-dealkylation sites (tertiary alicyclic amines) is 1. The van der Waals surface area contributed by atoms with Gasteiger partial charge in [0.15, 0.2) is 6.61 Å². The first-order valence-electron chi connectivity index (χ1n) is 6.48. The maximum atomic E-state index is 12.1. The normalized spacial score (nSPS) is 22.6. The molecule has 0 saturated carbocycles. The molecule has 1 heterocycles. The summed E-state index contributed by atoms with van der Waals surface area (Å²) < 4.78 is 6.67. The second-order valence-corrected chi connectivity index (χ2v) is 6.22. The van der Waals surface area contributed by atoms with E-state index in [0.29, 0.717) is 12.5 Å². The van der Waals surface area contributed by atoms with E-state index in [-0.39, 0.29) is 18.6 Å². The number of ether oxygens (including phenoxy) is 1. The monoisotopic (exact) mass is 374 g/mol. The fourth-order valence-corrected chi connectivity index (χ4v) is 2.78. The van der Waals surface area contributed by atoms with Crippen molar-refractivity contribution in [3.8, 4) is 5.75 Å². The summed E-state index contributed by atoms with van der Waals surface area (Å²) in [4.78, 5) is 14.0. The minimum atomic E-state index is 0.0435. The molecule has 104 valence electrons. The summed E-state index contributed by atoms with van der Waals surface area (Å²) in [7, 11) is 0. The minimum Gasteiger partial charge on any atom is -0.484 e. The molecule has 1 aromatic carbocycles.